The molecule has 1 N–H and O–H groups in total. The Labute approximate surface area is 175 Å². The molecule has 1 atom stereocenters. The van der Waals surface area contributed by atoms with E-state index in [9.17, 15) is 0 Å². The van der Waals surface area contributed by atoms with Crippen molar-refractivity contribution in [2.45, 2.75) is 26.2 Å². The third kappa shape index (κ3) is 5.91. The first-order valence-corrected chi connectivity index (χ1v) is 10.7. The lowest BCUT2D eigenvalue weighted by Gasteiger charge is -2.35. The lowest BCUT2D eigenvalue weighted by Crippen LogP contribution is -2.49. The predicted molar refractivity (Wildman–Crippen MR) is 125 cm³/mol. The van der Waals surface area contributed by atoms with Crippen molar-refractivity contribution in [2.24, 2.45) is 0 Å². The summed E-state index contributed by atoms with van der Waals surface area (Å²) in [5, 5.41) is 4.23. The molecule has 0 aromatic heterocycles. The third-order valence-corrected chi connectivity index (χ3v) is 5.84. The Morgan fingerprint density at radius 3 is 2.36 bits per heavy atom. The normalized spacial score (nSPS) is 16.3. The standard InChI is InChI=1S/C24H31N3S/c1-3-20(2)22-11-13-23(14-12-22)25-24(28)27-18-16-26(17-19-27)15-7-10-21-8-5-4-6-9-21/h4-14,20H,3,15-19H2,1-2H3,(H,25,28)/b10-7+. The van der Waals surface area contributed by atoms with Gasteiger partial charge in [0.1, 0.15) is 0 Å². The summed E-state index contributed by atoms with van der Waals surface area (Å²) in [6.45, 7) is 9.48. The Morgan fingerprint density at radius 1 is 1.04 bits per heavy atom. The summed E-state index contributed by atoms with van der Waals surface area (Å²) in [5.74, 6) is 0.602. The van der Waals surface area contributed by atoms with Gasteiger partial charge in [-0.05, 0) is 47.8 Å². The number of thiocarbonyl (C=S) groups is 1. The van der Waals surface area contributed by atoms with Crippen molar-refractivity contribution in [3.63, 3.8) is 0 Å². The summed E-state index contributed by atoms with van der Waals surface area (Å²) >= 11 is 5.64. The first kappa shape index (κ1) is 20.6. The van der Waals surface area contributed by atoms with Gasteiger partial charge >= 0.3 is 0 Å². The van der Waals surface area contributed by atoms with E-state index in [1.165, 1.54) is 11.1 Å². The van der Waals surface area contributed by atoms with Crippen LogP contribution in [0.2, 0.25) is 0 Å². The maximum atomic E-state index is 5.64. The van der Waals surface area contributed by atoms with Gasteiger partial charge in [-0.1, -0.05) is 68.5 Å². The number of benzene rings is 2. The molecular weight excluding hydrogens is 362 g/mol. The molecule has 0 bridgehead atoms. The molecule has 0 spiro atoms. The van der Waals surface area contributed by atoms with Gasteiger partial charge in [0.2, 0.25) is 0 Å². The molecule has 1 aliphatic heterocycles. The molecule has 0 aliphatic carbocycles. The second kappa shape index (κ2) is 10.4. The number of nitrogens with one attached hydrogen (secondary N) is 1. The molecular formula is C24H31N3S. The van der Waals surface area contributed by atoms with Crippen LogP contribution in [-0.2, 0) is 0 Å². The van der Waals surface area contributed by atoms with E-state index in [0.29, 0.717) is 5.92 Å². The molecule has 2 aromatic carbocycles. The van der Waals surface area contributed by atoms with Gasteiger partial charge < -0.3 is 10.2 Å². The summed E-state index contributed by atoms with van der Waals surface area (Å²) in [6, 6.07) is 19.1. The molecule has 2 aromatic rings. The number of hydrogen-bond donors (Lipinski definition) is 1. The molecule has 1 unspecified atom stereocenters. The molecule has 0 saturated carbocycles. The minimum Gasteiger partial charge on any atom is -0.346 e. The third-order valence-electron chi connectivity index (χ3n) is 5.48. The smallest absolute Gasteiger partial charge is 0.173 e. The highest BCUT2D eigenvalue weighted by molar-refractivity contribution is 7.80. The maximum absolute atomic E-state index is 5.64. The van der Waals surface area contributed by atoms with Crippen molar-refractivity contribution < 1.29 is 0 Å². The summed E-state index contributed by atoms with van der Waals surface area (Å²) in [4.78, 5) is 4.74. The second-order valence-corrected chi connectivity index (χ2v) is 7.85. The fourth-order valence-corrected chi connectivity index (χ4v) is 3.67. The molecule has 1 heterocycles. The Morgan fingerprint density at radius 2 is 1.71 bits per heavy atom. The van der Waals surface area contributed by atoms with E-state index in [4.69, 9.17) is 12.2 Å². The molecule has 28 heavy (non-hydrogen) atoms. The van der Waals surface area contributed by atoms with E-state index in [1.54, 1.807) is 0 Å². The van der Waals surface area contributed by atoms with E-state index in [0.717, 1.165) is 49.9 Å². The molecule has 0 radical (unpaired) electrons. The van der Waals surface area contributed by atoms with Crippen molar-refractivity contribution in [3.05, 3.63) is 71.8 Å². The van der Waals surface area contributed by atoms with E-state index < -0.39 is 0 Å². The highest BCUT2D eigenvalue weighted by Crippen LogP contribution is 2.20. The van der Waals surface area contributed by atoms with Crippen LogP contribution in [0.5, 0.6) is 0 Å². The molecule has 1 saturated heterocycles. The van der Waals surface area contributed by atoms with Crippen molar-refractivity contribution in [2.75, 3.05) is 38.0 Å². The zero-order valence-corrected chi connectivity index (χ0v) is 17.8. The lowest BCUT2D eigenvalue weighted by molar-refractivity contribution is 0.200. The molecule has 148 valence electrons. The molecule has 0 amide bonds. The second-order valence-electron chi connectivity index (χ2n) is 7.46. The van der Waals surface area contributed by atoms with E-state index in [-0.39, 0.29) is 0 Å². The maximum Gasteiger partial charge on any atom is 0.173 e. The van der Waals surface area contributed by atoms with Crippen LogP contribution in [-0.4, -0.2) is 47.6 Å². The Hall–Kier alpha value is -2.17. The van der Waals surface area contributed by atoms with Gasteiger partial charge in [0.05, 0.1) is 0 Å². The van der Waals surface area contributed by atoms with Gasteiger partial charge in [-0.15, -0.1) is 0 Å². The van der Waals surface area contributed by atoms with Crippen molar-refractivity contribution in [3.8, 4) is 0 Å². The number of nitrogens with zero attached hydrogens (tertiary/aromatic N) is 2. The molecule has 1 aliphatic rings. The van der Waals surface area contributed by atoms with Crippen molar-refractivity contribution >= 4 is 29.1 Å². The lowest BCUT2D eigenvalue weighted by atomic mass is 9.99. The van der Waals surface area contributed by atoms with Gasteiger partial charge in [0.15, 0.2) is 5.11 Å². The number of anilines is 1. The van der Waals surface area contributed by atoms with E-state index >= 15 is 0 Å². The summed E-state index contributed by atoms with van der Waals surface area (Å²) in [5.41, 5.74) is 3.72. The first-order valence-electron chi connectivity index (χ1n) is 10.3. The van der Waals surface area contributed by atoms with Gasteiger partial charge in [-0.3, -0.25) is 4.90 Å². The number of rotatable bonds is 6. The largest absolute Gasteiger partial charge is 0.346 e. The minimum absolute atomic E-state index is 0.602. The highest BCUT2D eigenvalue weighted by atomic mass is 32.1. The fourth-order valence-electron chi connectivity index (χ4n) is 3.37. The minimum atomic E-state index is 0.602. The molecule has 3 rings (SSSR count). The van der Waals surface area contributed by atoms with Crippen LogP contribution in [0.15, 0.2) is 60.7 Å². The Kier molecular flexibility index (Phi) is 7.63. The topological polar surface area (TPSA) is 18.5 Å². The van der Waals surface area contributed by atoms with Crippen LogP contribution in [0.1, 0.15) is 37.3 Å². The highest BCUT2D eigenvalue weighted by Gasteiger charge is 2.18. The average molecular weight is 394 g/mol. The zero-order valence-electron chi connectivity index (χ0n) is 17.0. The van der Waals surface area contributed by atoms with Crippen LogP contribution < -0.4 is 5.32 Å². The first-order chi connectivity index (χ1) is 13.7. The van der Waals surface area contributed by atoms with E-state index in [2.05, 4.69) is 89.6 Å². The number of piperazine rings is 1. The average Bonchev–Trinajstić information content (AvgIpc) is 2.75. The number of hydrogen-bond acceptors (Lipinski definition) is 2. The van der Waals surface area contributed by atoms with Gasteiger partial charge in [-0.25, -0.2) is 0 Å². The quantitative estimate of drug-likeness (QED) is 0.677. The van der Waals surface area contributed by atoms with Gasteiger partial charge in [-0.2, -0.15) is 0 Å². The Balaban J connectivity index is 1.43. The van der Waals surface area contributed by atoms with Crippen LogP contribution in [0, 0.1) is 0 Å². The predicted octanol–water partition coefficient (Wildman–Crippen LogP) is 5.23. The molecule has 1 fully saturated rings. The van der Waals surface area contributed by atoms with E-state index in [1.807, 2.05) is 6.07 Å². The molecule has 3 nitrogen and oxygen atoms in total. The SMILES string of the molecule is CCC(C)c1ccc(NC(=S)N2CCN(C/C=C/c3ccccc3)CC2)cc1. The van der Waals surface area contributed by atoms with Crippen LogP contribution in [0.25, 0.3) is 6.08 Å². The van der Waals surface area contributed by atoms with Crippen LogP contribution >= 0.6 is 12.2 Å². The van der Waals surface area contributed by atoms with Gasteiger partial charge in [0, 0.05) is 38.4 Å². The summed E-state index contributed by atoms with van der Waals surface area (Å²) in [6.07, 6.45) is 5.61. The Bertz CT molecular complexity index is 762. The monoisotopic (exact) mass is 393 g/mol. The van der Waals surface area contributed by atoms with Crippen LogP contribution in [0.4, 0.5) is 5.69 Å². The van der Waals surface area contributed by atoms with Gasteiger partial charge in [0.25, 0.3) is 0 Å². The van der Waals surface area contributed by atoms with Crippen molar-refractivity contribution in [1.29, 1.82) is 0 Å². The summed E-state index contributed by atoms with van der Waals surface area (Å²) < 4.78 is 0. The fraction of sp³-hybridized carbons (Fsp3) is 0.375. The summed E-state index contributed by atoms with van der Waals surface area (Å²) in [7, 11) is 0. The molecule has 4 heteroatoms. The zero-order chi connectivity index (χ0) is 19.8. The van der Waals surface area contributed by atoms with Crippen LogP contribution in [0.3, 0.4) is 0 Å². The van der Waals surface area contributed by atoms with Crippen molar-refractivity contribution in [1.82, 2.24) is 9.80 Å².